The molecule has 2 aromatic heterocycles. The maximum absolute atomic E-state index is 10.9. The molecule has 0 aliphatic carbocycles. The Morgan fingerprint density at radius 1 is 1.19 bits per heavy atom. The minimum absolute atomic E-state index is 0.000727. The van der Waals surface area contributed by atoms with Crippen molar-refractivity contribution < 1.29 is 14.3 Å². The second-order valence-electron chi connectivity index (χ2n) is 8.19. The molecule has 0 atom stereocenters. The Bertz CT molecular complexity index is 1310. The largest absolute Gasteiger partial charge is 0.465 e. The number of likely N-dealkylation sites (tertiary alicyclic amines) is 1. The first-order chi connectivity index (χ1) is 15.6. The van der Waals surface area contributed by atoms with E-state index in [-0.39, 0.29) is 6.04 Å². The van der Waals surface area contributed by atoms with Crippen LogP contribution in [0.4, 0.5) is 4.79 Å². The lowest BCUT2D eigenvalue weighted by atomic mass is 9.98. The molecule has 1 amide bonds. The Morgan fingerprint density at radius 3 is 2.75 bits per heavy atom. The van der Waals surface area contributed by atoms with Gasteiger partial charge in [-0.25, -0.2) is 4.79 Å². The molecule has 0 radical (unpaired) electrons. The molecule has 2 N–H and O–H groups in total. The van der Waals surface area contributed by atoms with E-state index in [0.717, 1.165) is 64.6 Å². The molecule has 0 spiro atoms. The zero-order valence-electron chi connectivity index (χ0n) is 17.4. The van der Waals surface area contributed by atoms with Crippen LogP contribution in [0.2, 0.25) is 0 Å². The number of carbonyl (C=O) groups is 1. The highest BCUT2D eigenvalue weighted by Gasteiger charge is 2.21. The molecule has 2 aromatic carbocycles. The number of piperidine rings is 1. The SMILES string of the molecule is N#Cc1cc(CN2CCC(NC(=O)O)CC2)cc2c(-c3cc4ccccc4o3)cncc12. The fourth-order valence-electron chi connectivity index (χ4n) is 4.49. The van der Waals surface area contributed by atoms with E-state index >= 15 is 0 Å². The molecule has 1 aliphatic heterocycles. The summed E-state index contributed by atoms with van der Waals surface area (Å²) in [6.07, 6.45) is 4.10. The summed E-state index contributed by atoms with van der Waals surface area (Å²) in [5.41, 5.74) is 3.31. The predicted octanol–water partition coefficient (Wildman–Crippen LogP) is 4.75. The number of nitriles is 1. The molecule has 0 unspecified atom stereocenters. The Hall–Kier alpha value is -3.89. The topological polar surface area (TPSA) is 102 Å². The molecule has 160 valence electrons. The number of amides is 1. The van der Waals surface area contributed by atoms with Crippen molar-refractivity contribution in [2.24, 2.45) is 0 Å². The number of furan rings is 1. The summed E-state index contributed by atoms with van der Waals surface area (Å²) in [4.78, 5) is 17.5. The summed E-state index contributed by atoms with van der Waals surface area (Å²) < 4.78 is 6.08. The normalized spacial score (nSPS) is 15.1. The highest BCUT2D eigenvalue weighted by Crippen LogP contribution is 2.34. The Balaban J connectivity index is 1.48. The van der Waals surface area contributed by atoms with E-state index in [1.54, 1.807) is 12.4 Å². The number of benzene rings is 2. The van der Waals surface area contributed by atoms with Crippen LogP contribution < -0.4 is 5.32 Å². The van der Waals surface area contributed by atoms with Crippen molar-refractivity contribution >= 4 is 27.8 Å². The average Bonchev–Trinajstić information content (AvgIpc) is 3.23. The van der Waals surface area contributed by atoms with E-state index in [0.29, 0.717) is 12.1 Å². The molecule has 3 heterocycles. The lowest BCUT2D eigenvalue weighted by molar-refractivity contribution is 0.165. The van der Waals surface area contributed by atoms with Crippen molar-refractivity contribution in [2.75, 3.05) is 13.1 Å². The Labute approximate surface area is 184 Å². The van der Waals surface area contributed by atoms with Gasteiger partial charge in [0.2, 0.25) is 0 Å². The molecule has 7 heteroatoms. The monoisotopic (exact) mass is 426 g/mol. The molecule has 1 saturated heterocycles. The second-order valence-corrected chi connectivity index (χ2v) is 8.19. The van der Waals surface area contributed by atoms with Crippen molar-refractivity contribution in [1.82, 2.24) is 15.2 Å². The van der Waals surface area contributed by atoms with Crippen molar-refractivity contribution in [1.29, 1.82) is 5.26 Å². The van der Waals surface area contributed by atoms with E-state index < -0.39 is 6.09 Å². The van der Waals surface area contributed by atoms with Crippen LogP contribution in [0.15, 0.2) is 59.3 Å². The van der Waals surface area contributed by atoms with Gasteiger partial charge in [-0.15, -0.1) is 0 Å². The van der Waals surface area contributed by atoms with Gasteiger partial charge in [0.1, 0.15) is 11.3 Å². The summed E-state index contributed by atoms with van der Waals surface area (Å²) in [5, 5.41) is 24.0. The smallest absolute Gasteiger partial charge is 0.404 e. The lowest BCUT2D eigenvalue weighted by Crippen LogP contribution is -2.43. The van der Waals surface area contributed by atoms with Gasteiger partial charge < -0.3 is 14.8 Å². The van der Waals surface area contributed by atoms with Gasteiger partial charge in [0.15, 0.2) is 0 Å². The van der Waals surface area contributed by atoms with Crippen LogP contribution in [0.3, 0.4) is 0 Å². The van der Waals surface area contributed by atoms with Crippen molar-refractivity contribution in [3.63, 3.8) is 0 Å². The maximum Gasteiger partial charge on any atom is 0.404 e. The first-order valence-electron chi connectivity index (χ1n) is 10.6. The summed E-state index contributed by atoms with van der Waals surface area (Å²) in [6, 6.07) is 16.2. The molecule has 32 heavy (non-hydrogen) atoms. The lowest BCUT2D eigenvalue weighted by Gasteiger charge is -2.31. The molecule has 0 saturated carbocycles. The molecular formula is C25H22N4O3. The van der Waals surface area contributed by atoms with Gasteiger partial charge in [-0.1, -0.05) is 18.2 Å². The highest BCUT2D eigenvalue weighted by atomic mass is 16.4. The summed E-state index contributed by atoms with van der Waals surface area (Å²) in [5.74, 6) is 0.728. The van der Waals surface area contributed by atoms with Crippen LogP contribution in [-0.2, 0) is 6.54 Å². The minimum atomic E-state index is -0.969. The average molecular weight is 426 g/mol. The number of hydrogen-bond donors (Lipinski definition) is 2. The molecule has 7 nitrogen and oxygen atoms in total. The molecule has 0 bridgehead atoms. The minimum Gasteiger partial charge on any atom is -0.465 e. The van der Waals surface area contributed by atoms with Crippen molar-refractivity contribution in [3.8, 4) is 17.4 Å². The van der Waals surface area contributed by atoms with Crippen LogP contribution in [0.25, 0.3) is 33.1 Å². The van der Waals surface area contributed by atoms with Crippen LogP contribution in [-0.4, -0.2) is 40.2 Å². The Kier molecular flexibility index (Phi) is 5.21. The van der Waals surface area contributed by atoms with E-state index in [4.69, 9.17) is 9.52 Å². The van der Waals surface area contributed by atoms with Crippen LogP contribution in [0.5, 0.6) is 0 Å². The number of rotatable bonds is 4. The number of hydrogen-bond acceptors (Lipinski definition) is 5. The molecule has 1 fully saturated rings. The number of fused-ring (bicyclic) bond motifs is 2. The molecule has 4 aromatic rings. The first-order valence-corrected chi connectivity index (χ1v) is 10.6. The van der Waals surface area contributed by atoms with Crippen LogP contribution >= 0.6 is 0 Å². The van der Waals surface area contributed by atoms with Gasteiger partial charge >= 0.3 is 6.09 Å². The number of nitrogens with zero attached hydrogens (tertiary/aromatic N) is 3. The van der Waals surface area contributed by atoms with E-state index in [1.807, 2.05) is 36.4 Å². The van der Waals surface area contributed by atoms with Gasteiger partial charge in [-0.3, -0.25) is 9.88 Å². The highest BCUT2D eigenvalue weighted by molar-refractivity contribution is 5.99. The zero-order chi connectivity index (χ0) is 22.1. The van der Waals surface area contributed by atoms with Crippen molar-refractivity contribution in [3.05, 3.63) is 66.0 Å². The third kappa shape index (κ3) is 3.88. The second kappa shape index (κ2) is 8.33. The standard InChI is InChI=1S/C25H22N4O3/c26-12-18-9-16(15-29-7-5-19(6-8-29)28-25(30)31)10-20-21(18)13-27-14-22(20)24-11-17-3-1-2-4-23(17)32-24/h1-4,9-11,13-14,19,28H,5-8,15H2,(H,30,31). The molecule has 1 aliphatic rings. The predicted molar refractivity (Wildman–Crippen MR) is 121 cm³/mol. The van der Waals surface area contributed by atoms with Gasteiger partial charge in [-0.05, 0) is 48.1 Å². The summed E-state index contributed by atoms with van der Waals surface area (Å²) in [7, 11) is 0. The maximum atomic E-state index is 10.9. The van der Waals surface area contributed by atoms with Crippen LogP contribution in [0, 0.1) is 11.3 Å². The quantitative estimate of drug-likeness (QED) is 0.488. The number of carboxylic acid groups (broad SMARTS) is 1. The van der Waals surface area contributed by atoms with Crippen LogP contribution in [0.1, 0.15) is 24.0 Å². The third-order valence-electron chi connectivity index (χ3n) is 6.07. The van der Waals surface area contributed by atoms with E-state index in [2.05, 4.69) is 27.3 Å². The van der Waals surface area contributed by atoms with Gasteiger partial charge in [0.25, 0.3) is 0 Å². The summed E-state index contributed by atoms with van der Waals surface area (Å²) >= 11 is 0. The first kappa shape index (κ1) is 20.0. The molecule has 5 rings (SSSR count). The number of nitrogens with one attached hydrogen (secondary N) is 1. The summed E-state index contributed by atoms with van der Waals surface area (Å²) in [6.45, 7) is 2.31. The van der Waals surface area contributed by atoms with E-state index in [9.17, 15) is 10.1 Å². The number of pyridine rings is 1. The zero-order valence-corrected chi connectivity index (χ0v) is 17.4. The molecular weight excluding hydrogens is 404 g/mol. The van der Waals surface area contributed by atoms with Gasteiger partial charge in [-0.2, -0.15) is 5.26 Å². The number of para-hydroxylation sites is 1. The fraction of sp³-hybridized carbons (Fsp3) is 0.240. The van der Waals surface area contributed by atoms with Gasteiger partial charge in [0, 0.05) is 54.4 Å². The fourth-order valence-corrected chi connectivity index (χ4v) is 4.49. The third-order valence-corrected chi connectivity index (χ3v) is 6.07. The van der Waals surface area contributed by atoms with E-state index in [1.165, 1.54) is 0 Å². The van der Waals surface area contributed by atoms with Gasteiger partial charge in [0.05, 0.1) is 11.6 Å². The number of aromatic nitrogens is 1. The Morgan fingerprint density at radius 2 is 2.00 bits per heavy atom. The van der Waals surface area contributed by atoms with Crippen molar-refractivity contribution in [2.45, 2.75) is 25.4 Å².